The molecule has 1 heterocycles. The van der Waals surface area contributed by atoms with Crippen LogP contribution in [0.5, 0.6) is 0 Å². The molecule has 0 fully saturated rings. The molecule has 0 amide bonds. The van der Waals surface area contributed by atoms with E-state index in [9.17, 15) is 4.79 Å². The van der Waals surface area contributed by atoms with Gasteiger partial charge in [-0.25, -0.2) is 0 Å². The van der Waals surface area contributed by atoms with Gasteiger partial charge in [0.25, 0.3) is 0 Å². The molecule has 0 spiro atoms. The second-order valence-corrected chi connectivity index (χ2v) is 1.89. The second kappa shape index (κ2) is 2.36. The first-order chi connectivity index (χ1) is 4.75. The number of hydrogen-bond donors (Lipinski definition) is 0. The molecule has 0 atom stereocenters. The lowest BCUT2D eigenvalue weighted by atomic mass is 10.5. The van der Waals surface area contributed by atoms with Crippen LogP contribution in [0.25, 0.3) is 0 Å². The number of rotatable bonds is 0. The minimum Gasteiger partial charge on any atom is -0.279 e. The summed E-state index contributed by atoms with van der Waals surface area (Å²) in [6, 6.07) is 5.16. The first-order valence-corrected chi connectivity index (χ1v) is 2.84. The van der Waals surface area contributed by atoms with E-state index in [0.29, 0.717) is 5.69 Å². The van der Waals surface area contributed by atoms with Gasteiger partial charge in [0, 0.05) is 13.1 Å². The van der Waals surface area contributed by atoms with Crippen molar-refractivity contribution in [3.8, 4) is 6.07 Å². The van der Waals surface area contributed by atoms with E-state index in [2.05, 4.69) is 0 Å². The average Bonchev–Trinajstić information content (AvgIpc) is 2.33. The molecule has 0 aliphatic carbocycles. The van der Waals surface area contributed by atoms with Gasteiger partial charge in [-0.05, 0) is 12.1 Å². The van der Waals surface area contributed by atoms with Crippen LogP contribution in [0.15, 0.2) is 18.3 Å². The Labute approximate surface area is 58.5 Å². The van der Waals surface area contributed by atoms with Gasteiger partial charge >= 0.3 is 0 Å². The molecule has 0 aromatic carbocycles. The highest BCUT2D eigenvalue weighted by Crippen LogP contribution is 1.98. The van der Waals surface area contributed by atoms with Crippen molar-refractivity contribution in [2.24, 2.45) is 0 Å². The number of carbonyl (C=O) groups is 1. The molecule has 0 saturated heterocycles. The topological polar surface area (TPSA) is 45.8 Å². The van der Waals surface area contributed by atoms with E-state index in [-0.39, 0.29) is 5.91 Å². The van der Waals surface area contributed by atoms with Crippen LogP contribution in [0, 0.1) is 11.3 Å². The summed E-state index contributed by atoms with van der Waals surface area (Å²) in [6.07, 6.45) is 1.57. The zero-order valence-electron chi connectivity index (χ0n) is 5.53. The van der Waals surface area contributed by atoms with Crippen molar-refractivity contribution in [2.75, 3.05) is 0 Å². The predicted octanol–water partition coefficient (Wildman–Crippen LogP) is 1.02. The lowest BCUT2D eigenvalue weighted by Gasteiger charge is -1.94. The third kappa shape index (κ3) is 0.914. The Morgan fingerprint density at radius 2 is 2.50 bits per heavy atom. The Balaban J connectivity index is 3.17. The fraction of sp³-hybridized carbons (Fsp3) is 0.143. The van der Waals surface area contributed by atoms with Crippen LogP contribution in [0.4, 0.5) is 0 Å². The van der Waals surface area contributed by atoms with Gasteiger partial charge in [-0.2, -0.15) is 5.26 Å². The molecular weight excluding hydrogens is 128 g/mol. The normalized spacial score (nSPS) is 8.80. The minimum atomic E-state index is -0.137. The van der Waals surface area contributed by atoms with Crippen molar-refractivity contribution >= 4 is 5.91 Å². The van der Waals surface area contributed by atoms with Gasteiger partial charge in [-0.15, -0.1) is 0 Å². The standard InChI is InChI=1S/C7H6N2O/c1-6(10)9-4-2-3-7(9)5-8/h2-4H,1H3. The van der Waals surface area contributed by atoms with E-state index < -0.39 is 0 Å². The Hall–Kier alpha value is -1.56. The van der Waals surface area contributed by atoms with Gasteiger partial charge in [-0.3, -0.25) is 9.36 Å². The molecule has 0 radical (unpaired) electrons. The van der Waals surface area contributed by atoms with Gasteiger partial charge in [0.15, 0.2) is 0 Å². The molecular formula is C7H6N2O. The summed E-state index contributed by atoms with van der Waals surface area (Å²) in [5, 5.41) is 8.43. The Morgan fingerprint density at radius 1 is 1.80 bits per heavy atom. The minimum absolute atomic E-state index is 0.137. The van der Waals surface area contributed by atoms with Crippen molar-refractivity contribution < 1.29 is 4.79 Å². The van der Waals surface area contributed by atoms with E-state index in [0.717, 1.165) is 0 Å². The van der Waals surface area contributed by atoms with Crippen LogP contribution in [0.2, 0.25) is 0 Å². The molecule has 0 saturated carbocycles. The van der Waals surface area contributed by atoms with Gasteiger partial charge < -0.3 is 0 Å². The molecule has 0 N–H and O–H groups in total. The number of hydrogen-bond acceptors (Lipinski definition) is 2. The smallest absolute Gasteiger partial charge is 0.228 e. The lowest BCUT2D eigenvalue weighted by molar-refractivity contribution is 0.0936. The third-order valence-corrected chi connectivity index (χ3v) is 1.20. The average molecular weight is 134 g/mol. The van der Waals surface area contributed by atoms with Crippen LogP contribution in [-0.2, 0) is 0 Å². The summed E-state index contributed by atoms with van der Waals surface area (Å²) in [5.41, 5.74) is 0.382. The first kappa shape index (κ1) is 6.56. The molecule has 50 valence electrons. The highest BCUT2D eigenvalue weighted by molar-refractivity contribution is 5.77. The zero-order valence-corrected chi connectivity index (χ0v) is 5.53. The lowest BCUT2D eigenvalue weighted by Crippen LogP contribution is -2.05. The monoisotopic (exact) mass is 134 g/mol. The Morgan fingerprint density at radius 3 is 2.90 bits per heavy atom. The van der Waals surface area contributed by atoms with Crippen molar-refractivity contribution in [3.05, 3.63) is 24.0 Å². The van der Waals surface area contributed by atoms with Gasteiger partial charge in [0.05, 0.1) is 0 Å². The SMILES string of the molecule is CC(=O)n1cccc1C#N. The molecule has 0 aliphatic heterocycles. The van der Waals surface area contributed by atoms with Crippen molar-refractivity contribution in [3.63, 3.8) is 0 Å². The predicted molar refractivity (Wildman–Crippen MR) is 35.4 cm³/mol. The van der Waals surface area contributed by atoms with Crippen molar-refractivity contribution in [1.82, 2.24) is 4.57 Å². The number of carbonyl (C=O) groups excluding carboxylic acids is 1. The van der Waals surface area contributed by atoms with Crippen molar-refractivity contribution in [2.45, 2.75) is 6.92 Å². The molecule has 1 aromatic rings. The summed E-state index contributed by atoms with van der Waals surface area (Å²) >= 11 is 0. The van der Waals surface area contributed by atoms with Crippen LogP contribution in [0.1, 0.15) is 17.4 Å². The summed E-state index contributed by atoms with van der Waals surface area (Å²) in [6.45, 7) is 1.42. The number of nitrogens with zero attached hydrogens (tertiary/aromatic N) is 2. The molecule has 3 nitrogen and oxygen atoms in total. The van der Waals surface area contributed by atoms with E-state index in [1.807, 2.05) is 6.07 Å². The summed E-state index contributed by atoms with van der Waals surface area (Å²) < 4.78 is 1.31. The van der Waals surface area contributed by atoms with Gasteiger partial charge in [0.1, 0.15) is 11.8 Å². The molecule has 0 unspecified atom stereocenters. The maximum Gasteiger partial charge on any atom is 0.228 e. The maximum atomic E-state index is 10.7. The fourth-order valence-electron chi connectivity index (χ4n) is 0.747. The van der Waals surface area contributed by atoms with Crippen molar-refractivity contribution in [1.29, 1.82) is 5.26 Å². The van der Waals surface area contributed by atoms with Gasteiger partial charge in [0.2, 0.25) is 5.91 Å². The zero-order chi connectivity index (χ0) is 7.56. The van der Waals surface area contributed by atoms with E-state index in [1.165, 1.54) is 11.5 Å². The van der Waals surface area contributed by atoms with E-state index in [4.69, 9.17) is 5.26 Å². The van der Waals surface area contributed by atoms with Gasteiger partial charge in [-0.1, -0.05) is 0 Å². The highest BCUT2D eigenvalue weighted by Gasteiger charge is 2.00. The highest BCUT2D eigenvalue weighted by atomic mass is 16.1. The van der Waals surface area contributed by atoms with E-state index >= 15 is 0 Å². The molecule has 1 aromatic heterocycles. The Bertz CT molecular complexity index is 293. The van der Waals surface area contributed by atoms with E-state index in [1.54, 1.807) is 18.3 Å². The Kier molecular flexibility index (Phi) is 1.55. The molecule has 0 aliphatic rings. The summed E-state index contributed by atoms with van der Waals surface area (Å²) in [5.74, 6) is -0.137. The summed E-state index contributed by atoms with van der Waals surface area (Å²) in [4.78, 5) is 10.7. The largest absolute Gasteiger partial charge is 0.279 e. The molecule has 3 heteroatoms. The quantitative estimate of drug-likeness (QED) is 0.531. The maximum absolute atomic E-state index is 10.7. The molecule has 10 heavy (non-hydrogen) atoms. The molecule has 1 rings (SSSR count). The number of aromatic nitrogens is 1. The summed E-state index contributed by atoms with van der Waals surface area (Å²) in [7, 11) is 0. The molecule has 0 bridgehead atoms. The first-order valence-electron chi connectivity index (χ1n) is 2.84. The van der Waals surface area contributed by atoms with Crippen LogP contribution in [-0.4, -0.2) is 10.5 Å². The second-order valence-electron chi connectivity index (χ2n) is 1.89. The van der Waals surface area contributed by atoms with Crippen LogP contribution < -0.4 is 0 Å². The fourth-order valence-corrected chi connectivity index (χ4v) is 0.747. The number of nitriles is 1. The third-order valence-electron chi connectivity index (χ3n) is 1.20. The van der Waals surface area contributed by atoms with Crippen LogP contribution in [0.3, 0.4) is 0 Å². The van der Waals surface area contributed by atoms with Crippen LogP contribution >= 0.6 is 0 Å².